The van der Waals surface area contributed by atoms with Gasteiger partial charge in [-0.05, 0) is 39.2 Å². The molecule has 1 heterocycles. The largest absolute Gasteiger partial charge is 0.462 e. The summed E-state index contributed by atoms with van der Waals surface area (Å²) in [6.45, 7) is 26.1. The molecule has 0 spiro atoms. The third-order valence-electron chi connectivity index (χ3n) is 4.98. The fourth-order valence-electron chi connectivity index (χ4n) is 2.88. The normalized spacial score (nSPS) is 22.3. The van der Waals surface area contributed by atoms with Crippen LogP contribution >= 0.6 is 11.6 Å². The molecule has 1 aliphatic rings. The van der Waals surface area contributed by atoms with Gasteiger partial charge in [0, 0.05) is 17.3 Å². The number of allylic oxidation sites excluding steroid dienone is 8. The highest BCUT2D eigenvalue weighted by molar-refractivity contribution is 6.47. The molecule has 0 bridgehead atoms. The summed E-state index contributed by atoms with van der Waals surface area (Å²) >= 11 is 6.54. The second kappa shape index (κ2) is 15.8. The molecule has 0 amide bonds. The minimum atomic E-state index is -0.334. The van der Waals surface area contributed by atoms with E-state index in [-0.39, 0.29) is 24.2 Å². The second-order valence-electron chi connectivity index (χ2n) is 7.05. The lowest BCUT2D eigenvalue weighted by Gasteiger charge is -2.35. The smallest absolute Gasteiger partial charge is 0.403 e. The van der Waals surface area contributed by atoms with Gasteiger partial charge in [0.15, 0.2) is 0 Å². The maximum atomic E-state index is 6.54. The number of halogens is 1. The molecule has 0 radical (unpaired) electrons. The summed E-state index contributed by atoms with van der Waals surface area (Å²) in [7, 11) is -0.306. The Morgan fingerprint density at radius 3 is 2.07 bits per heavy atom. The fraction of sp³-hybridized carbons (Fsp3) is 0.600. The van der Waals surface area contributed by atoms with Gasteiger partial charge in [-0.3, -0.25) is 0 Å². The predicted octanol–water partition coefficient (Wildman–Crippen LogP) is 8.52. The zero-order chi connectivity index (χ0) is 23.1. The summed E-state index contributed by atoms with van der Waals surface area (Å²) in [5, 5.41) is 0.747. The van der Waals surface area contributed by atoms with Crippen LogP contribution in [0.5, 0.6) is 0 Å². The van der Waals surface area contributed by atoms with Crippen LogP contribution in [0.1, 0.15) is 75.2 Å². The number of hydrogen-bond acceptors (Lipinski definition) is 2. The van der Waals surface area contributed by atoms with Crippen LogP contribution in [0.2, 0.25) is 6.32 Å². The number of rotatable bonds is 9. The molecule has 0 N–H and O–H groups in total. The van der Waals surface area contributed by atoms with Gasteiger partial charge < -0.3 is 9.31 Å². The number of hydrogen-bond donors (Lipinski definition) is 0. The van der Waals surface area contributed by atoms with Gasteiger partial charge in [-0.2, -0.15) is 0 Å². The third kappa shape index (κ3) is 9.55. The van der Waals surface area contributed by atoms with Crippen molar-refractivity contribution in [3.8, 4) is 0 Å². The van der Waals surface area contributed by atoms with E-state index in [9.17, 15) is 0 Å². The second-order valence-corrected chi connectivity index (χ2v) is 7.46. The maximum absolute atomic E-state index is 6.54. The molecule has 2 atom stereocenters. The van der Waals surface area contributed by atoms with E-state index in [1.807, 2.05) is 52.0 Å². The van der Waals surface area contributed by atoms with Crippen molar-refractivity contribution in [2.24, 2.45) is 5.92 Å². The molecule has 0 aliphatic carbocycles. The average Bonchev–Trinajstić information content (AvgIpc) is 2.95. The monoisotopic (exact) mass is 422 g/mol. The molecule has 166 valence electrons. The van der Waals surface area contributed by atoms with Crippen molar-refractivity contribution < 1.29 is 9.31 Å². The van der Waals surface area contributed by atoms with Crippen molar-refractivity contribution in [3.05, 3.63) is 60.2 Å². The summed E-state index contributed by atoms with van der Waals surface area (Å²) in [6, 6.07) is 0. The maximum Gasteiger partial charge on any atom is 0.462 e. The summed E-state index contributed by atoms with van der Waals surface area (Å²) < 4.78 is 12.5. The van der Waals surface area contributed by atoms with E-state index in [0.717, 1.165) is 23.4 Å². The molecule has 1 aliphatic heterocycles. The topological polar surface area (TPSA) is 18.5 Å². The molecule has 0 aromatic heterocycles. The van der Waals surface area contributed by atoms with E-state index < -0.39 is 0 Å². The predicted molar refractivity (Wildman–Crippen MR) is 134 cm³/mol. The van der Waals surface area contributed by atoms with Crippen LogP contribution in [0.15, 0.2) is 60.2 Å². The molecular weight excluding hydrogens is 379 g/mol. The Morgan fingerprint density at radius 1 is 1.07 bits per heavy atom. The van der Waals surface area contributed by atoms with Crippen LogP contribution in [0, 0.1) is 5.92 Å². The quantitative estimate of drug-likeness (QED) is 0.210. The van der Waals surface area contributed by atoms with Gasteiger partial charge in [-0.1, -0.05) is 96.2 Å². The molecule has 0 saturated carbocycles. The zero-order valence-electron chi connectivity index (χ0n) is 20.3. The fourth-order valence-corrected chi connectivity index (χ4v) is 3.17. The lowest BCUT2D eigenvalue weighted by atomic mass is 9.79. The van der Waals surface area contributed by atoms with E-state index >= 15 is 0 Å². The zero-order valence-corrected chi connectivity index (χ0v) is 21.1. The SMILES string of the molecule is C=C/C=C\C(C=C)C=C(CB1OC(C)(C)C(C)(CC)O1)/C(Cl)=C\CC.CC.CC. The van der Waals surface area contributed by atoms with Gasteiger partial charge in [-0.25, -0.2) is 0 Å². The van der Waals surface area contributed by atoms with Gasteiger partial charge in [0.2, 0.25) is 0 Å². The van der Waals surface area contributed by atoms with Crippen LogP contribution in [-0.2, 0) is 9.31 Å². The third-order valence-corrected chi connectivity index (χ3v) is 5.37. The van der Waals surface area contributed by atoms with Crippen molar-refractivity contribution >= 4 is 18.7 Å². The molecule has 4 heteroatoms. The van der Waals surface area contributed by atoms with Crippen LogP contribution in [0.3, 0.4) is 0 Å². The van der Waals surface area contributed by atoms with Gasteiger partial charge in [0.1, 0.15) is 0 Å². The Balaban J connectivity index is 0. The molecule has 1 fully saturated rings. The van der Waals surface area contributed by atoms with E-state index in [2.05, 4.69) is 53.9 Å². The van der Waals surface area contributed by atoms with E-state index in [1.54, 1.807) is 6.08 Å². The molecule has 1 rings (SSSR count). The highest BCUT2D eigenvalue weighted by Crippen LogP contribution is 2.41. The molecule has 29 heavy (non-hydrogen) atoms. The molecular formula is C25H44BClO2. The summed E-state index contributed by atoms with van der Waals surface area (Å²) in [4.78, 5) is 0. The average molecular weight is 423 g/mol. The highest BCUT2D eigenvalue weighted by atomic mass is 35.5. The van der Waals surface area contributed by atoms with Crippen molar-refractivity contribution in [3.63, 3.8) is 0 Å². The van der Waals surface area contributed by atoms with Gasteiger partial charge >= 0.3 is 7.12 Å². The summed E-state index contributed by atoms with van der Waals surface area (Å²) in [5.74, 6) is 0.0824. The van der Waals surface area contributed by atoms with Crippen molar-refractivity contribution in [2.45, 2.75) is 92.7 Å². The Bertz CT molecular complexity index is 563. The molecule has 0 aromatic carbocycles. The first-order valence-electron chi connectivity index (χ1n) is 11.1. The lowest BCUT2D eigenvalue weighted by molar-refractivity contribution is -0.0118. The highest BCUT2D eigenvalue weighted by Gasteiger charge is 2.52. The minimum Gasteiger partial charge on any atom is -0.403 e. The van der Waals surface area contributed by atoms with Gasteiger partial charge in [0.05, 0.1) is 11.2 Å². The first-order valence-corrected chi connectivity index (χ1v) is 11.4. The minimum absolute atomic E-state index is 0.0824. The van der Waals surface area contributed by atoms with Crippen molar-refractivity contribution in [1.82, 2.24) is 0 Å². The van der Waals surface area contributed by atoms with Crippen LogP contribution in [-0.4, -0.2) is 18.3 Å². The Kier molecular flexibility index (Phi) is 16.4. The van der Waals surface area contributed by atoms with Crippen LogP contribution in [0.25, 0.3) is 0 Å². The first-order chi connectivity index (χ1) is 13.7. The summed E-state index contributed by atoms with van der Waals surface area (Å²) in [5.41, 5.74) is 0.381. The van der Waals surface area contributed by atoms with Crippen LogP contribution < -0.4 is 0 Å². The van der Waals surface area contributed by atoms with Gasteiger partial charge in [0.25, 0.3) is 0 Å². The van der Waals surface area contributed by atoms with Crippen molar-refractivity contribution in [1.29, 1.82) is 0 Å². The standard InChI is InChI=1S/C21H32BClO2.2C2H6/c1-8-12-14-17(10-3)15-18(19(23)13-9-2)16-22-24-20(5,6)21(7,11-4)25-22;2*1-2/h8,10,12-15,17H,1,3,9,11,16H2,2,4-7H3;2*1-2H3/b14-12-,18-15?,19-13+;;. The molecule has 1 saturated heterocycles. The van der Waals surface area contributed by atoms with Crippen molar-refractivity contribution in [2.75, 3.05) is 0 Å². The van der Waals surface area contributed by atoms with E-state index in [4.69, 9.17) is 20.9 Å². The molecule has 2 nitrogen and oxygen atoms in total. The lowest BCUT2D eigenvalue weighted by Crippen LogP contribution is -2.44. The Morgan fingerprint density at radius 2 is 1.66 bits per heavy atom. The Labute approximate surface area is 186 Å². The van der Waals surface area contributed by atoms with Crippen LogP contribution in [0.4, 0.5) is 0 Å². The summed E-state index contributed by atoms with van der Waals surface area (Å²) in [6.07, 6.45) is 14.1. The van der Waals surface area contributed by atoms with E-state index in [0.29, 0.717) is 6.32 Å². The molecule has 0 aromatic rings. The molecule has 2 unspecified atom stereocenters. The van der Waals surface area contributed by atoms with E-state index in [1.165, 1.54) is 0 Å². The Hall–Kier alpha value is -1.03. The first kappa shape index (κ1) is 30.2. The van der Waals surface area contributed by atoms with Gasteiger partial charge in [-0.15, -0.1) is 6.58 Å².